The predicted molar refractivity (Wildman–Crippen MR) is 63.1 cm³/mol. The van der Waals surface area contributed by atoms with Crippen molar-refractivity contribution < 1.29 is 4.79 Å². The van der Waals surface area contributed by atoms with Gasteiger partial charge in [0.1, 0.15) is 0 Å². The largest absolute Gasteiger partial charge is 0.338 e. The Morgan fingerprint density at radius 2 is 1.94 bits per heavy atom. The monoisotopic (exact) mass is 220 g/mol. The number of likely N-dealkylation sites (tertiary alicyclic amines) is 1. The number of nitrogens with zero attached hydrogens (tertiary/aromatic N) is 1. The van der Waals surface area contributed by atoms with Crippen LogP contribution in [-0.4, -0.2) is 35.5 Å². The van der Waals surface area contributed by atoms with Crippen molar-refractivity contribution in [2.45, 2.75) is 56.7 Å². The lowest BCUT2D eigenvalue weighted by atomic mass is 10.0. The lowest BCUT2D eigenvalue weighted by Gasteiger charge is -2.37. The Morgan fingerprint density at radius 1 is 1.19 bits per heavy atom. The normalized spacial score (nSPS) is 31.4. The third-order valence-corrected chi connectivity index (χ3v) is 3.91. The highest BCUT2D eigenvalue weighted by molar-refractivity contribution is 5.83. The van der Waals surface area contributed by atoms with Crippen LogP contribution in [-0.2, 0) is 4.79 Å². The Hall–Kier alpha value is -0.830. The number of piperidine rings is 1. The average molecular weight is 220 g/mol. The molecule has 0 spiro atoms. The van der Waals surface area contributed by atoms with Gasteiger partial charge in [0.25, 0.3) is 0 Å². The molecule has 1 saturated heterocycles. The number of hydrogen-bond donors (Lipinski definition) is 1. The van der Waals surface area contributed by atoms with Crippen molar-refractivity contribution in [1.29, 1.82) is 0 Å². The molecule has 0 aromatic carbocycles. The van der Waals surface area contributed by atoms with Crippen LogP contribution in [0.15, 0.2) is 12.2 Å². The standard InChI is InChI=1S/C13H20N2O/c16-13-12(14-10-7-8-10)6-3-9-15(13)11-4-1-2-5-11/h1-2,10-12,14H,3-9H2. The number of amides is 1. The smallest absolute Gasteiger partial charge is 0.239 e. The molecule has 16 heavy (non-hydrogen) atoms. The number of nitrogens with one attached hydrogen (secondary N) is 1. The van der Waals surface area contributed by atoms with Crippen LogP contribution in [0.1, 0.15) is 38.5 Å². The van der Waals surface area contributed by atoms with Crippen molar-refractivity contribution in [3.8, 4) is 0 Å². The summed E-state index contributed by atoms with van der Waals surface area (Å²) in [5, 5.41) is 3.48. The van der Waals surface area contributed by atoms with E-state index < -0.39 is 0 Å². The Kier molecular flexibility index (Phi) is 2.72. The summed E-state index contributed by atoms with van der Waals surface area (Å²) in [6.07, 6.45) is 11.2. The molecular weight excluding hydrogens is 200 g/mol. The van der Waals surface area contributed by atoms with Gasteiger partial charge < -0.3 is 10.2 Å². The van der Waals surface area contributed by atoms with E-state index in [1.54, 1.807) is 0 Å². The van der Waals surface area contributed by atoms with Crippen LogP contribution in [0, 0.1) is 0 Å². The summed E-state index contributed by atoms with van der Waals surface area (Å²) in [6, 6.07) is 1.20. The highest BCUT2D eigenvalue weighted by Crippen LogP contribution is 2.25. The maximum Gasteiger partial charge on any atom is 0.239 e. The van der Waals surface area contributed by atoms with Crippen molar-refractivity contribution in [2.24, 2.45) is 0 Å². The average Bonchev–Trinajstić information content (AvgIpc) is 2.94. The van der Waals surface area contributed by atoms with E-state index in [4.69, 9.17) is 0 Å². The van der Waals surface area contributed by atoms with Crippen LogP contribution >= 0.6 is 0 Å². The minimum absolute atomic E-state index is 0.113. The third kappa shape index (κ3) is 2.01. The molecule has 1 aliphatic heterocycles. The zero-order chi connectivity index (χ0) is 11.0. The van der Waals surface area contributed by atoms with Gasteiger partial charge in [-0.15, -0.1) is 0 Å². The van der Waals surface area contributed by atoms with Crippen molar-refractivity contribution in [3.63, 3.8) is 0 Å². The SMILES string of the molecule is O=C1C(NC2CC2)CCCN1C1CC=CC1. The second-order valence-electron chi connectivity index (χ2n) is 5.26. The zero-order valence-electron chi connectivity index (χ0n) is 9.69. The number of hydrogen-bond acceptors (Lipinski definition) is 2. The molecule has 1 unspecified atom stereocenters. The first-order valence-electron chi connectivity index (χ1n) is 6.56. The Balaban J connectivity index is 1.62. The van der Waals surface area contributed by atoms with Gasteiger partial charge in [0.2, 0.25) is 5.91 Å². The lowest BCUT2D eigenvalue weighted by Crippen LogP contribution is -2.54. The van der Waals surface area contributed by atoms with E-state index in [2.05, 4.69) is 22.4 Å². The summed E-state index contributed by atoms with van der Waals surface area (Å²) in [5.74, 6) is 0.354. The molecule has 88 valence electrons. The van der Waals surface area contributed by atoms with Crippen molar-refractivity contribution >= 4 is 5.91 Å². The van der Waals surface area contributed by atoms with E-state index in [0.29, 0.717) is 18.0 Å². The van der Waals surface area contributed by atoms with Crippen LogP contribution in [0.2, 0.25) is 0 Å². The molecule has 3 nitrogen and oxygen atoms in total. The van der Waals surface area contributed by atoms with Crippen LogP contribution < -0.4 is 5.32 Å². The third-order valence-electron chi connectivity index (χ3n) is 3.91. The fourth-order valence-electron chi connectivity index (χ4n) is 2.81. The molecule has 3 heteroatoms. The van der Waals surface area contributed by atoms with Gasteiger partial charge in [-0.05, 0) is 38.5 Å². The van der Waals surface area contributed by atoms with Crippen LogP contribution in [0.4, 0.5) is 0 Å². The molecule has 1 N–H and O–H groups in total. The fraction of sp³-hybridized carbons (Fsp3) is 0.769. The molecule has 1 saturated carbocycles. The van der Waals surface area contributed by atoms with E-state index in [1.807, 2.05) is 0 Å². The molecule has 3 rings (SSSR count). The number of carbonyl (C=O) groups excluding carboxylic acids is 1. The number of rotatable bonds is 3. The van der Waals surface area contributed by atoms with Crippen molar-refractivity contribution in [2.75, 3.05) is 6.54 Å². The van der Waals surface area contributed by atoms with Crippen LogP contribution in [0.3, 0.4) is 0 Å². The van der Waals surface area contributed by atoms with Gasteiger partial charge in [-0.2, -0.15) is 0 Å². The first-order valence-corrected chi connectivity index (χ1v) is 6.56. The topological polar surface area (TPSA) is 32.3 Å². The van der Waals surface area contributed by atoms with E-state index in [9.17, 15) is 4.79 Å². The first kappa shape index (κ1) is 10.3. The van der Waals surface area contributed by atoms with E-state index in [-0.39, 0.29) is 6.04 Å². The van der Waals surface area contributed by atoms with Crippen molar-refractivity contribution in [1.82, 2.24) is 10.2 Å². The molecule has 0 aromatic heterocycles. The summed E-state index contributed by atoms with van der Waals surface area (Å²) >= 11 is 0. The van der Waals surface area contributed by atoms with E-state index in [0.717, 1.165) is 32.2 Å². The summed E-state index contributed by atoms with van der Waals surface area (Å²) in [4.78, 5) is 14.4. The lowest BCUT2D eigenvalue weighted by molar-refractivity contribution is -0.138. The second kappa shape index (κ2) is 4.21. The van der Waals surface area contributed by atoms with Crippen LogP contribution in [0.25, 0.3) is 0 Å². The number of carbonyl (C=O) groups is 1. The maximum absolute atomic E-state index is 12.3. The zero-order valence-corrected chi connectivity index (χ0v) is 9.69. The summed E-state index contributed by atoms with van der Waals surface area (Å²) in [6.45, 7) is 0.966. The molecular formula is C13H20N2O. The molecule has 0 radical (unpaired) electrons. The highest BCUT2D eigenvalue weighted by Gasteiger charge is 2.36. The molecule has 2 fully saturated rings. The van der Waals surface area contributed by atoms with Gasteiger partial charge in [-0.3, -0.25) is 4.79 Å². The quantitative estimate of drug-likeness (QED) is 0.730. The van der Waals surface area contributed by atoms with Gasteiger partial charge in [0.05, 0.1) is 6.04 Å². The Labute approximate surface area is 96.9 Å². The van der Waals surface area contributed by atoms with Gasteiger partial charge in [0, 0.05) is 18.6 Å². The van der Waals surface area contributed by atoms with Crippen molar-refractivity contribution in [3.05, 3.63) is 12.2 Å². The molecule has 3 aliphatic rings. The van der Waals surface area contributed by atoms with Crippen LogP contribution in [0.5, 0.6) is 0 Å². The Bertz CT molecular complexity index is 301. The Morgan fingerprint density at radius 3 is 2.62 bits per heavy atom. The summed E-state index contributed by atoms with van der Waals surface area (Å²) in [7, 11) is 0. The van der Waals surface area contributed by atoms with Gasteiger partial charge >= 0.3 is 0 Å². The molecule has 0 aromatic rings. The minimum atomic E-state index is 0.113. The minimum Gasteiger partial charge on any atom is -0.338 e. The molecule has 1 amide bonds. The molecule has 2 aliphatic carbocycles. The van der Waals surface area contributed by atoms with Gasteiger partial charge in [-0.1, -0.05) is 12.2 Å². The summed E-state index contributed by atoms with van der Waals surface area (Å²) < 4.78 is 0. The molecule has 0 bridgehead atoms. The summed E-state index contributed by atoms with van der Waals surface area (Å²) in [5.41, 5.74) is 0. The molecule has 1 atom stereocenters. The maximum atomic E-state index is 12.3. The second-order valence-corrected chi connectivity index (χ2v) is 5.26. The first-order chi connectivity index (χ1) is 7.84. The van der Waals surface area contributed by atoms with Gasteiger partial charge in [0.15, 0.2) is 0 Å². The van der Waals surface area contributed by atoms with Gasteiger partial charge in [-0.25, -0.2) is 0 Å². The van der Waals surface area contributed by atoms with E-state index >= 15 is 0 Å². The fourth-order valence-corrected chi connectivity index (χ4v) is 2.81. The predicted octanol–water partition coefficient (Wildman–Crippen LogP) is 1.45. The van der Waals surface area contributed by atoms with E-state index in [1.165, 1.54) is 12.8 Å². The highest BCUT2D eigenvalue weighted by atomic mass is 16.2. The molecule has 1 heterocycles.